The Balaban J connectivity index is 1.33. The van der Waals surface area contributed by atoms with Crippen molar-refractivity contribution >= 4 is 22.6 Å². The molecule has 1 fully saturated rings. The summed E-state index contributed by atoms with van der Waals surface area (Å²) in [6.45, 7) is 4.71. The smallest absolute Gasteiger partial charge is 0.254 e. The Bertz CT molecular complexity index is 1470. The summed E-state index contributed by atoms with van der Waals surface area (Å²) in [4.78, 5) is 35.3. The number of rotatable bonds is 7. The first-order chi connectivity index (χ1) is 18.5. The van der Waals surface area contributed by atoms with E-state index in [1.165, 1.54) is 0 Å². The number of carbonyl (C=O) groups is 2. The molecule has 1 amide bonds. The molecule has 0 atom stereocenters. The maximum atomic E-state index is 13.8. The van der Waals surface area contributed by atoms with Gasteiger partial charge in [-0.3, -0.25) is 14.5 Å². The van der Waals surface area contributed by atoms with E-state index in [0.717, 1.165) is 39.2 Å². The minimum atomic E-state index is -0.0231. The van der Waals surface area contributed by atoms with Gasteiger partial charge in [0.15, 0.2) is 5.78 Å². The number of fused-ring (bicyclic) bond motifs is 1. The van der Waals surface area contributed by atoms with Crippen molar-refractivity contribution in [3.8, 4) is 22.8 Å². The minimum absolute atomic E-state index is 0.0231. The van der Waals surface area contributed by atoms with E-state index in [0.29, 0.717) is 43.9 Å². The molecule has 5 rings (SSSR count). The highest BCUT2D eigenvalue weighted by atomic mass is 16.5. The number of piperazine rings is 1. The molecular weight excluding hydrogens is 478 g/mol. The van der Waals surface area contributed by atoms with Crippen LogP contribution < -0.4 is 9.47 Å². The number of ether oxygens (including phenoxy) is 2. The van der Waals surface area contributed by atoms with Crippen molar-refractivity contribution in [3.05, 3.63) is 89.5 Å². The molecule has 1 aliphatic rings. The number of methoxy groups -OCH3 is 2. The number of aryl methyl sites for hydroxylation is 1. The molecular formula is C31H31N3O4. The molecule has 1 aromatic heterocycles. The molecule has 2 heterocycles. The van der Waals surface area contributed by atoms with E-state index in [1.54, 1.807) is 38.5 Å². The van der Waals surface area contributed by atoms with Crippen molar-refractivity contribution in [2.24, 2.45) is 0 Å². The van der Waals surface area contributed by atoms with Crippen molar-refractivity contribution in [2.45, 2.75) is 6.92 Å². The van der Waals surface area contributed by atoms with Gasteiger partial charge in [0.2, 0.25) is 0 Å². The summed E-state index contributed by atoms with van der Waals surface area (Å²) in [5.41, 5.74) is 4.73. The van der Waals surface area contributed by atoms with E-state index >= 15 is 0 Å². The molecule has 0 aliphatic carbocycles. The third-order valence-electron chi connectivity index (χ3n) is 7.09. The van der Waals surface area contributed by atoms with E-state index in [1.807, 2.05) is 60.4 Å². The van der Waals surface area contributed by atoms with Crippen molar-refractivity contribution in [1.82, 2.24) is 14.8 Å². The predicted octanol–water partition coefficient (Wildman–Crippen LogP) is 4.87. The maximum Gasteiger partial charge on any atom is 0.254 e. The van der Waals surface area contributed by atoms with Crippen LogP contribution in [-0.4, -0.2) is 73.4 Å². The first kappa shape index (κ1) is 25.4. The number of hydrogen-bond donors (Lipinski definition) is 0. The van der Waals surface area contributed by atoms with E-state index in [2.05, 4.69) is 4.90 Å². The van der Waals surface area contributed by atoms with Gasteiger partial charge in [-0.1, -0.05) is 30.3 Å². The van der Waals surface area contributed by atoms with Crippen LogP contribution >= 0.6 is 0 Å². The van der Waals surface area contributed by atoms with Crippen LogP contribution in [0, 0.1) is 6.92 Å². The summed E-state index contributed by atoms with van der Waals surface area (Å²) in [6, 6.07) is 22.7. The third-order valence-corrected chi connectivity index (χ3v) is 7.09. The zero-order valence-electron chi connectivity index (χ0n) is 21.9. The monoisotopic (exact) mass is 509 g/mol. The topological polar surface area (TPSA) is 72.0 Å². The Morgan fingerprint density at radius 2 is 1.61 bits per heavy atom. The van der Waals surface area contributed by atoms with E-state index in [4.69, 9.17) is 14.5 Å². The van der Waals surface area contributed by atoms with Gasteiger partial charge in [-0.05, 0) is 55.0 Å². The van der Waals surface area contributed by atoms with Gasteiger partial charge in [0.1, 0.15) is 11.5 Å². The van der Waals surface area contributed by atoms with Gasteiger partial charge in [0.05, 0.1) is 37.5 Å². The van der Waals surface area contributed by atoms with Crippen LogP contribution in [-0.2, 0) is 0 Å². The molecule has 7 nitrogen and oxygen atoms in total. The minimum Gasteiger partial charge on any atom is -0.497 e. The van der Waals surface area contributed by atoms with Crippen LogP contribution in [0.5, 0.6) is 11.5 Å². The zero-order chi connectivity index (χ0) is 26.6. The van der Waals surface area contributed by atoms with Gasteiger partial charge < -0.3 is 14.4 Å². The summed E-state index contributed by atoms with van der Waals surface area (Å²) in [5.74, 6) is 1.54. The molecule has 0 unspecified atom stereocenters. The number of amides is 1. The highest BCUT2D eigenvalue weighted by Gasteiger charge is 2.25. The van der Waals surface area contributed by atoms with Gasteiger partial charge in [-0.15, -0.1) is 0 Å². The number of pyridine rings is 1. The number of benzene rings is 3. The largest absolute Gasteiger partial charge is 0.497 e. The molecule has 7 heteroatoms. The van der Waals surface area contributed by atoms with E-state index < -0.39 is 0 Å². The average molecular weight is 510 g/mol. The zero-order valence-corrected chi connectivity index (χ0v) is 21.9. The summed E-state index contributed by atoms with van der Waals surface area (Å²) in [6.07, 6.45) is 0. The lowest BCUT2D eigenvalue weighted by Gasteiger charge is -2.34. The van der Waals surface area contributed by atoms with Crippen LogP contribution in [0.25, 0.3) is 22.2 Å². The average Bonchev–Trinajstić information content (AvgIpc) is 2.97. The molecule has 0 bridgehead atoms. The lowest BCUT2D eigenvalue weighted by atomic mass is 10.0. The molecule has 3 aromatic carbocycles. The number of ketones is 1. The lowest BCUT2D eigenvalue weighted by Crippen LogP contribution is -2.50. The first-order valence-corrected chi connectivity index (χ1v) is 12.7. The Labute approximate surface area is 222 Å². The Morgan fingerprint density at radius 1 is 0.868 bits per heavy atom. The van der Waals surface area contributed by atoms with E-state index in [9.17, 15) is 9.59 Å². The second-order valence-corrected chi connectivity index (χ2v) is 9.48. The highest BCUT2D eigenvalue weighted by Crippen LogP contribution is 2.30. The molecule has 1 aliphatic heterocycles. The van der Waals surface area contributed by atoms with Crippen molar-refractivity contribution < 1.29 is 19.1 Å². The summed E-state index contributed by atoms with van der Waals surface area (Å²) in [7, 11) is 3.26. The van der Waals surface area contributed by atoms with Crippen LogP contribution in [0.15, 0.2) is 72.8 Å². The molecule has 0 N–H and O–H groups in total. The highest BCUT2D eigenvalue weighted by molar-refractivity contribution is 6.07. The molecule has 38 heavy (non-hydrogen) atoms. The van der Waals surface area contributed by atoms with Gasteiger partial charge in [0, 0.05) is 42.7 Å². The SMILES string of the molecule is COc1ccc(C(=O)CN2CCN(C(=O)c3cc(-c4ccc(C)c(OC)c4)nc4ccccc34)CC2)cc1. The fourth-order valence-corrected chi connectivity index (χ4v) is 4.83. The lowest BCUT2D eigenvalue weighted by molar-refractivity contribution is 0.0626. The molecule has 4 aromatic rings. The van der Waals surface area contributed by atoms with Crippen LogP contribution in [0.1, 0.15) is 26.3 Å². The Kier molecular flexibility index (Phi) is 7.38. The molecule has 194 valence electrons. The van der Waals surface area contributed by atoms with Gasteiger partial charge in [-0.2, -0.15) is 0 Å². The van der Waals surface area contributed by atoms with Gasteiger partial charge >= 0.3 is 0 Å². The number of Topliss-reactive ketones (excluding diaryl/α,β-unsaturated/α-hetero) is 1. The number of hydrogen-bond acceptors (Lipinski definition) is 6. The molecule has 0 spiro atoms. The van der Waals surface area contributed by atoms with Gasteiger partial charge in [-0.25, -0.2) is 4.98 Å². The molecule has 1 saturated heterocycles. The van der Waals surface area contributed by atoms with Crippen LogP contribution in [0.4, 0.5) is 0 Å². The predicted molar refractivity (Wildman–Crippen MR) is 148 cm³/mol. The molecule has 0 saturated carbocycles. The van der Waals surface area contributed by atoms with Crippen LogP contribution in [0.2, 0.25) is 0 Å². The van der Waals surface area contributed by atoms with E-state index in [-0.39, 0.29) is 11.7 Å². The summed E-state index contributed by atoms with van der Waals surface area (Å²) < 4.78 is 10.7. The second-order valence-electron chi connectivity index (χ2n) is 9.48. The standard InChI is InChI=1S/C31H31N3O4/c1-21-8-9-23(18-30(21)38-3)28-19-26(25-6-4-5-7-27(25)32-28)31(36)34-16-14-33(15-17-34)20-29(35)22-10-12-24(37-2)13-11-22/h4-13,18-19H,14-17,20H2,1-3H3. The number of nitrogens with zero attached hydrogens (tertiary/aromatic N) is 3. The number of para-hydroxylation sites is 1. The van der Waals surface area contributed by atoms with Gasteiger partial charge in [0.25, 0.3) is 5.91 Å². The summed E-state index contributed by atoms with van der Waals surface area (Å²) >= 11 is 0. The third kappa shape index (κ3) is 5.24. The van der Waals surface area contributed by atoms with Crippen molar-refractivity contribution in [2.75, 3.05) is 46.9 Å². The summed E-state index contributed by atoms with van der Waals surface area (Å²) in [5, 5.41) is 0.831. The first-order valence-electron chi connectivity index (χ1n) is 12.7. The second kappa shape index (κ2) is 11.0. The molecule has 0 radical (unpaired) electrons. The number of aromatic nitrogens is 1. The fraction of sp³-hybridized carbons (Fsp3) is 0.258. The maximum absolute atomic E-state index is 13.8. The number of carbonyl (C=O) groups excluding carboxylic acids is 2. The Morgan fingerprint density at radius 3 is 2.32 bits per heavy atom. The van der Waals surface area contributed by atoms with Crippen molar-refractivity contribution in [3.63, 3.8) is 0 Å². The van der Waals surface area contributed by atoms with Crippen molar-refractivity contribution in [1.29, 1.82) is 0 Å². The quantitative estimate of drug-likeness (QED) is 0.331. The normalized spacial score (nSPS) is 13.9. The Hall–Kier alpha value is -4.23. The fourth-order valence-electron chi connectivity index (χ4n) is 4.83. The van der Waals surface area contributed by atoms with Crippen LogP contribution in [0.3, 0.4) is 0 Å².